The Bertz CT molecular complexity index is 1270. The van der Waals surface area contributed by atoms with Crippen molar-refractivity contribution >= 4 is 28.9 Å². The molecular weight excluding hydrogens is 392 g/mol. The normalized spacial score (nSPS) is 10.8. The molecular formula is C25H18N2O4. The van der Waals surface area contributed by atoms with Crippen LogP contribution in [0.1, 0.15) is 26.3 Å². The number of phenols is 1. The molecule has 0 unspecified atom stereocenters. The zero-order valence-corrected chi connectivity index (χ0v) is 16.4. The third-order valence-corrected chi connectivity index (χ3v) is 4.63. The third-order valence-electron chi connectivity index (χ3n) is 4.63. The summed E-state index contributed by atoms with van der Waals surface area (Å²) in [7, 11) is 0. The van der Waals surface area contributed by atoms with E-state index in [-0.39, 0.29) is 5.75 Å². The molecule has 2 N–H and O–H groups in total. The van der Waals surface area contributed by atoms with E-state index in [0.717, 1.165) is 10.8 Å². The fraction of sp³-hybridized carbons (Fsp3) is 0. The van der Waals surface area contributed by atoms with E-state index in [9.17, 15) is 14.7 Å². The summed E-state index contributed by atoms with van der Waals surface area (Å²) < 4.78 is 5.62. The SMILES string of the molecule is O=C(N/N=C/c1c(OC(=O)c2ccccc2)ccc2ccccc12)c1ccc(O)cc1. The molecule has 0 atom stereocenters. The second-order valence-corrected chi connectivity index (χ2v) is 6.70. The quantitative estimate of drug-likeness (QED) is 0.219. The van der Waals surface area contributed by atoms with Crippen LogP contribution in [0.15, 0.2) is 96.1 Å². The molecule has 6 heteroatoms. The zero-order valence-electron chi connectivity index (χ0n) is 16.4. The van der Waals surface area contributed by atoms with E-state index in [1.807, 2.05) is 36.4 Å². The Kier molecular flexibility index (Phi) is 5.71. The number of benzene rings is 4. The number of nitrogens with one attached hydrogen (secondary N) is 1. The number of rotatable bonds is 5. The summed E-state index contributed by atoms with van der Waals surface area (Å²) in [5, 5.41) is 15.2. The number of hydrogen-bond donors (Lipinski definition) is 2. The van der Waals surface area contributed by atoms with Crippen molar-refractivity contribution in [1.29, 1.82) is 0 Å². The van der Waals surface area contributed by atoms with Crippen LogP contribution in [0.5, 0.6) is 11.5 Å². The van der Waals surface area contributed by atoms with Crippen molar-refractivity contribution in [3.8, 4) is 11.5 Å². The van der Waals surface area contributed by atoms with Crippen LogP contribution in [0.25, 0.3) is 10.8 Å². The van der Waals surface area contributed by atoms with Gasteiger partial charge in [-0.1, -0.05) is 48.5 Å². The predicted molar refractivity (Wildman–Crippen MR) is 119 cm³/mol. The lowest BCUT2D eigenvalue weighted by Gasteiger charge is -2.10. The first kappa shape index (κ1) is 19.8. The Balaban J connectivity index is 1.62. The van der Waals surface area contributed by atoms with Crippen molar-refractivity contribution in [2.45, 2.75) is 0 Å². The second-order valence-electron chi connectivity index (χ2n) is 6.70. The maximum atomic E-state index is 12.5. The highest BCUT2D eigenvalue weighted by Crippen LogP contribution is 2.27. The van der Waals surface area contributed by atoms with E-state index >= 15 is 0 Å². The van der Waals surface area contributed by atoms with E-state index in [2.05, 4.69) is 10.5 Å². The van der Waals surface area contributed by atoms with Gasteiger partial charge in [0, 0.05) is 11.1 Å². The summed E-state index contributed by atoms with van der Waals surface area (Å²) in [5.74, 6) is -0.520. The number of amides is 1. The molecule has 4 aromatic rings. The van der Waals surface area contributed by atoms with Crippen LogP contribution in [-0.2, 0) is 0 Å². The Morgan fingerprint density at radius 1 is 0.806 bits per heavy atom. The molecule has 0 saturated carbocycles. The van der Waals surface area contributed by atoms with Gasteiger partial charge in [-0.05, 0) is 53.2 Å². The van der Waals surface area contributed by atoms with Crippen LogP contribution in [0.3, 0.4) is 0 Å². The summed E-state index contributed by atoms with van der Waals surface area (Å²) in [4.78, 5) is 24.8. The van der Waals surface area contributed by atoms with E-state index in [4.69, 9.17) is 4.74 Å². The minimum Gasteiger partial charge on any atom is -0.508 e. The standard InChI is InChI=1S/C25H18N2O4/c28-20-13-10-18(11-14-20)24(29)27-26-16-22-21-9-5-4-6-17(21)12-15-23(22)31-25(30)19-7-2-1-3-8-19/h1-16,28H,(H,27,29)/b26-16+. The van der Waals surface area contributed by atoms with Crippen LogP contribution < -0.4 is 10.2 Å². The van der Waals surface area contributed by atoms with Crippen LogP contribution in [-0.4, -0.2) is 23.2 Å². The molecule has 0 aliphatic carbocycles. The van der Waals surface area contributed by atoms with Gasteiger partial charge in [0.2, 0.25) is 0 Å². The van der Waals surface area contributed by atoms with Crippen molar-refractivity contribution in [2.75, 3.05) is 0 Å². The molecule has 0 bridgehead atoms. The van der Waals surface area contributed by atoms with E-state index in [1.165, 1.54) is 30.5 Å². The van der Waals surface area contributed by atoms with Gasteiger partial charge in [-0.25, -0.2) is 10.2 Å². The first-order chi connectivity index (χ1) is 15.1. The fourth-order valence-corrected chi connectivity index (χ4v) is 3.06. The predicted octanol–water partition coefficient (Wildman–Crippen LogP) is 4.53. The number of fused-ring (bicyclic) bond motifs is 1. The van der Waals surface area contributed by atoms with Gasteiger partial charge in [0.15, 0.2) is 0 Å². The maximum absolute atomic E-state index is 12.5. The minimum atomic E-state index is -0.487. The van der Waals surface area contributed by atoms with Crippen molar-refractivity contribution in [1.82, 2.24) is 5.43 Å². The number of carbonyl (C=O) groups is 2. The van der Waals surface area contributed by atoms with Gasteiger partial charge in [-0.15, -0.1) is 0 Å². The lowest BCUT2D eigenvalue weighted by Crippen LogP contribution is -2.17. The molecule has 0 heterocycles. The van der Waals surface area contributed by atoms with Gasteiger partial charge in [0.25, 0.3) is 5.91 Å². The first-order valence-electron chi connectivity index (χ1n) is 9.53. The van der Waals surface area contributed by atoms with E-state index in [0.29, 0.717) is 22.4 Å². The van der Waals surface area contributed by atoms with Crippen LogP contribution in [0.2, 0.25) is 0 Å². The number of esters is 1. The van der Waals surface area contributed by atoms with Gasteiger partial charge in [0.05, 0.1) is 11.8 Å². The number of phenolic OH excluding ortho intramolecular Hbond substituents is 1. The number of ether oxygens (including phenoxy) is 1. The monoisotopic (exact) mass is 410 g/mol. The molecule has 0 aliphatic heterocycles. The highest BCUT2D eigenvalue weighted by Gasteiger charge is 2.13. The second kappa shape index (κ2) is 8.92. The van der Waals surface area contributed by atoms with Gasteiger partial charge >= 0.3 is 5.97 Å². The Morgan fingerprint density at radius 2 is 1.52 bits per heavy atom. The average Bonchev–Trinajstić information content (AvgIpc) is 2.81. The first-order valence-corrected chi connectivity index (χ1v) is 9.53. The van der Waals surface area contributed by atoms with E-state index < -0.39 is 11.9 Å². The van der Waals surface area contributed by atoms with Gasteiger partial charge < -0.3 is 9.84 Å². The number of hydrogen-bond acceptors (Lipinski definition) is 5. The summed E-state index contributed by atoms with van der Waals surface area (Å²) in [6, 6.07) is 25.7. The molecule has 0 fully saturated rings. The topological polar surface area (TPSA) is 88.0 Å². The molecule has 0 aliphatic rings. The van der Waals surface area contributed by atoms with E-state index in [1.54, 1.807) is 30.3 Å². The summed E-state index contributed by atoms with van der Waals surface area (Å²) in [5.41, 5.74) is 3.80. The van der Waals surface area contributed by atoms with Crippen LogP contribution >= 0.6 is 0 Å². The lowest BCUT2D eigenvalue weighted by molar-refractivity contribution is 0.0734. The molecule has 0 aromatic heterocycles. The summed E-state index contributed by atoms with van der Waals surface area (Å²) in [6.07, 6.45) is 1.45. The van der Waals surface area contributed by atoms with Gasteiger partial charge in [-0.3, -0.25) is 4.79 Å². The maximum Gasteiger partial charge on any atom is 0.343 e. The number of hydrazone groups is 1. The zero-order chi connectivity index (χ0) is 21.6. The molecule has 4 aromatic carbocycles. The lowest BCUT2D eigenvalue weighted by atomic mass is 10.0. The fourth-order valence-electron chi connectivity index (χ4n) is 3.06. The molecule has 152 valence electrons. The van der Waals surface area contributed by atoms with Crippen molar-refractivity contribution < 1.29 is 19.4 Å². The molecule has 0 spiro atoms. The third kappa shape index (κ3) is 4.59. The number of carbonyl (C=O) groups excluding carboxylic acids is 2. The Labute approximate surface area is 178 Å². The molecule has 4 rings (SSSR count). The number of aromatic hydroxyl groups is 1. The molecule has 31 heavy (non-hydrogen) atoms. The minimum absolute atomic E-state index is 0.0701. The van der Waals surface area contributed by atoms with Crippen molar-refractivity contribution in [2.24, 2.45) is 5.10 Å². The molecule has 6 nitrogen and oxygen atoms in total. The average molecular weight is 410 g/mol. The smallest absolute Gasteiger partial charge is 0.343 e. The Morgan fingerprint density at radius 3 is 2.29 bits per heavy atom. The highest BCUT2D eigenvalue weighted by atomic mass is 16.5. The molecule has 1 amide bonds. The Hall–Kier alpha value is -4.45. The van der Waals surface area contributed by atoms with Crippen molar-refractivity contribution in [3.05, 3.63) is 108 Å². The molecule has 0 saturated heterocycles. The van der Waals surface area contributed by atoms with Crippen molar-refractivity contribution in [3.63, 3.8) is 0 Å². The largest absolute Gasteiger partial charge is 0.508 e. The van der Waals surface area contributed by atoms with Gasteiger partial charge in [0.1, 0.15) is 11.5 Å². The van der Waals surface area contributed by atoms with Gasteiger partial charge in [-0.2, -0.15) is 5.10 Å². The summed E-state index contributed by atoms with van der Waals surface area (Å²) in [6.45, 7) is 0. The van der Waals surface area contributed by atoms with Crippen LogP contribution in [0, 0.1) is 0 Å². The van der Waals surface area contributed by atoms with Crippen LogP contribution in [0.4, 0.5) is 0 Å². The molecule has 0 radical (unpaired) electrons. The highest BCUT2D eigenvalue weighted by molar-refractivity contribution is 6.04. The summed E-state index contributed by atoms with van der Waals surface area (Å²) >= 11 is 0. The number of nitrogens with zero attached hydrogens (tertiary/aromatic N) is 1.